The van der Waals surface area contributed by atoms with Crippen LogP contribution in [0.15, 0.2) is 108 Å². The van der Waals surface area contributed by atoms with Crippen molar-refractivity contribution in [1.82, 2.24) is 5.32 Å². The minimum absolute atomic E-state index is 0.0200. The van der Waals surface area contributed by atoms with Gasteiger partial charge in [0.2, 0.25) is 17.3 Å². The number of hydrogen-bond acceptors (Lipinski definition) is 6. The van der Waals surface area contributed by atoms with E-state index in [1.165, 1.54) is 11.1 Å². The third kappa shape index (κ3) is 16.9. The van der Waals surface area contributed by atoms with Gasteiger partial charge in [-0.3, -0.25) is 9.59 Å². The fourth-order valence-corrected chi connectivity index (χ4v) is 11.0. The number of amides is 1. The maximum Gasteiger partial charge on any atom is 0.227 e. The van der Waals surface area contributed by atoms with Crippen molar-refractivity contribution in [3.63, 3.8) is 0 Å². The summed E-state index contributed by atoms with van der Waals surface area (Å²) in [6.07, 6.45) is 27.7. The fourth-order valence-electron chi connectivity index (χ4n) is 11.0. The van der Waals surface area contributed by atoms with E-state index in [0.29, 0.717) is 40.8 Å². The van der Waals surface area contributed by atoms with Crippen molar-refractivity contribution in [2.24, 2.45) is 23.7 Å². The number of ketones is 1. The number of rotatable bonds is 35. The zero-order chi connectivity index (χ0) is 55.0. The molecule has 0 aromatic heterocycles. The lowest BCUT2D eigenvalue weighted by Gasteiger charge is -2.36. The number of unbranched alkanes of at least 4 members (excludes halogenated alkanes) is 6. The van der Waals surface area contributed by atoms with Gasteiger partial charge in [0, 0.05) is 82.2 Å². The van der Waals surface area contributed by atoms with E-state index in [9.17, 15) is 9.90 Å². The van der Waals surface area contributed by atoms with Crippen LogP contribution in [-0.4, -0.2) is 46.4 Å². The van der Waals surface area contributed by atoms with Crippen LogP contribution < -0.4 is 20.6 Å². The average molecular weight is 1040 g/mol. The highest BCUT2D eigenvalue weighted by Gasteiger charge is 2.36. The normalized spacial score (nSPS) is 17.2. The van der Waals surface area contributed by atoms with Crippen LogP contribution in [0.25, 0.3) is 5.57 Å². The van der Waals surface area contributed by atoms with Crippen LogP contribution in [0.5, 0.6) is 0 Å². The lowest BCUT2D eigenvalue weighted by atomic mass is 9.78. The Hall–Kier alpha value is -5.21. The monoisotopic (exact) mass is 1040 g/mol. The third-order valence-electron chi connectivity index (χ3n) is 16.4. The Labute approximate surface area is 461 Å². The number of aryl methyl sites for hydroxylation is 2. The Balaban J connectivity index is 1.71. The van der Waals surface area contributed by atoms with Crippen LogP contribution >= 0.6 is 0 Å². The molecule has 8 nitrogen and oxygen atoms in total. The largest absolute Gasteiger partial charge is 0.871 e. The van der Waals surface area contributed by atoms with Crippen LogP contribution in [0.4, 0.5) is 22.7 Å². The minimum atomic E-state index is -0.891. The molecular weight excluding hydrogens is 937 g/mol. The van der Waals surface area contributed by atoms with Gasteiger partial charge in [-0.05, 0) is 118 Å². The van der Waals surface area contributed by atoms with E-state index in [1.54, 1.807) is 0 Å². The molecule has 0 bridgehead atoms. The van der Waals surface area contributed by atoms with Crippen LogP contribution in [0.2, 0.25) is 0 Å². The SMILES string of the molecule is CCCCc1ccc(N(CC(CC)CCCC)c2ccc(C3=C([O-])/C(=C4C=C/C(=[N+](\CC(CC)CCCC)c5ccc(CCCC)cc5)C=C/4NC(O)C(CC)CCCC)C3=O)c(NC(=O)C(CC)CCCC)c2)cc1. The molecule has 8 heteroatoms. The fraction of sp³-hybridized carbons (Fsp3) is 0.574. The van der Waals surface area contributed by atoms with Crippen molar-refractivity contribution >= 4 is 45.7 Å². The number of aliphatic hydroxyl groups excluding tert-OH is 1. The molecule has 1 amide bonds. The molecule has 0 saturated heterocycles. The van der Waals surface area contributed by atoms with Crippen molar-refractivity contribution in [3.05, 3.63) is 124 Å². The molecule has 3 N–H and O–H groups in total. The Kier molecular flexibility index (Phi) is 26.4. The number of nitrogens with zero attached hydrogens (tertiary/aromatic N) is 2. The van der Waals surface area contributed by atoms with E-state index in [-0.39, 0.29) is 40.4 Å². The molecule has 2 aliphatic carbocycles. The molecule has 2 aliphatic rings. The lowest BCUT2D eigenvalue weighted by Crippen LogP contribution is -2.39. The van der Waals surface area contributed by atoms with Crippen LogP contribution in [0, 0.1) is 23.7 Å². The number of allylic oxidation sites excluding steroid dienone is 5. The van der Waals surface area contributed by atoms with Crippen LogP contribution in [0.1, 0.15) is 214 Å². The second-order valence-corrected chi connectivity index (χ2v) is 22.1. The molecule has 0 fully saturated rings. The minimum Gasteiger partial charge on any atom is -0.871 e. The highest BCUT2D eigenvalue weighted by Crippen LogP contribution is 2.44. The van der Waals surface area contributed by atoms with Gasteiger partial charge >= 0.3 is 0 Å². The van der Waals surface area contributed by atoms with Gasteiger partial charge in [-0.15, -0.1) is 0 Å². The average Bonchev–Trinajstić information content (AvgIpc) is 3.43. The molecule has 0 radical (unpaired) electrons. The Bertz CT molecular complexity index is 2440. The van der Waals surface area contributed by atoms with Crippen molar-refractivity contribution in [1.29, 1.82) is 0 Å². The molecule has 0 heterocycles. The molecule has 5 atom stereocenters. The highest BCUT2D eigenvalue weighted by molar-refractivity contribution is 6.40. The molecule has 0 saturated carbocycles. The second kappa shape index (κ2) is 32.5. The number of aliphatic hydroxyl groups is 1. The summed E-state index contributed by atoms with van der Waals surface area (Å²) in [5.74, 6) is -0.129. The zero-order valence-corrected chi connectivity index (χ0v) is 49.0. The van der Waals surface area contributed by atoms with E-state index >= 15 is 9.90 Å². The Morgan fingerprint density at radius 3 is 1.76 bits per heavy atom. The summed E-state index contributed by atoms with van der Waals surface area (Å²) in [6, 6.07) is 23.8. The summed E-state index contributed by atoms with van der Waals surface area (Å²) in [6.45, 7) is 23.6. The predicted molar refractivity (Wildman–Crippen MR) is 321 cm³/mol. The number of nitrogens with one attached hydrogen (secondary N) is 2. The second-order valence-electron chi connectivity index (χ2n) is 22.1. The van der Waals surface area contributed by atoms with Crippen LogP contribution in [0.3, 0.4) is 0 Å². The number of benzene rings is 3. The van der Waals surface area contributed by atoms with Gasteiger partial charge in [0.15, 0.2) is 12.3 Å². The smallest absolute Gasteiger partial charge is 0.227 e. The van der Waals surface area contributed by atoms with E-state index in [0.717, 1.165) is 171 Å². The first-order valence-electron chi connectivity index (χ1n) is 30.5. The molecule has 5 unspecified atom stereocenters. The van der Waals surface area contributed by atoms with Gasteiger partial charge in [-0.25, -0.2) is 0 Å². The predicted octanol–water partition coefficient (Wildman–Crippen LogP) is 16.4. The van der Waals surface area contributed by atoms with E-state index in [4.69, 9.17) is 0 Å². The standard InChI is InChI=1S/C68H100N4O4/c1-11-21-27-49(17-7)47-71(55-37-33-51(34-38-55)29-23-13-3)57-41-43-59(61(45-57)69-67(75)53(19-9)31-25-15-5)63-65(73)64(66(63)74)60-44-42-58(46-62(60)70-68(76)54(20-10)32-26-16-6)72(48-50(18-8)28-22-12-2)56-39-35-52(36-40-56)30-24-14-4/h33-46,49-50,53-54,67,75H,11-32,47-48H2,1-10H3,(H2,69,70,73,74,76). The summed E-state index contributed by atoms with van der Waals surface area (Å²) in [7, 11) is 0. The van der Waals surface area contributed by atoms with Gasteiger partial charge < -0.3 is 25.7 Å². The number of carbonyl (C=O) groups is 2. The summed E-state index contributed by atoms with van der Waals surface area (Å²) in [4.78, 5) is 31.7. The maximum atomic E-state index is 15.1. The first-order valence-corrected chi connectivity index (χ1v) is 30.5. The quantitative estimate of drug-likeness (QED) is 0.0308. The zero-order valence-electron chi connectivity index (χ0n) is 49.0. The summed E-state index contributed by atoms with van der Waals surface area (Å²) in [5.41, 5.74) is 8.81. The Morgan fingerprint density at radius 1 is 0.632 bits per heavy atom. The first-order chi connectivity index (χ1) is 36.9. The maximum absolute atomic E-state index is 15.1. The summed E-state index contributed by atoms with van der Waals surface area (Å²) in [5, 5.41) is 33.8. The van der Waals surface area contributed by atoms with Crippen molar-refractivity contribution in [3.8, 4) is 0 Å². The van der Waals surface area contributed by atoms with E-state index in [2.05, 4.69) is 138 Å². The molecule has 3 aromatic carbocycles. The molecule has 3 aromatic rings. The molecule has 416 valence electrons. The summed E-state index contributed by atoms with van der Waals surface area (Å²) < 4.78 is 2.38. The molecule has 0 spiro atoms. The number of anilines is 3. The topological polar surface area (TPSA) is 108 Å². The lowest BCUT2D eigenvalue weighted by molar-refractivity contribution is -0.448. The van der Waals surface area contributed by atoms with Gasteiger partial charge in [0.05, 0.1) is 11.4 Å². The summed E-state index contributed by atoms with van der Waals surface area (Å²) >= 11 is 0. The van der Waals surface area contributed by atoms with Crippen LogP contribution in [-0.2, 0) is 22.4 Å². The molecule has 0 aliphatic heterocycles. The van der Waals surface area contributed by atoms with E-state index < -0.39 is 6.23 Å². The van der Waals surface area contributed by atoms with Crippen molar-refractivity contribution in [2.45, 2.75) is 217 Å². The number of hydrogen-bond donors (Lipinski definition) is 3. The Morgan fingerprint density at radius 2 is 1.20 bits per heavy atom. The molecular formula is C68H100N4O4. The number of Topliss-reactive ketones (excluding diaryl/α,β-unsaturated/α-hetero) is 1. The molecule has 5 rings (SSSR count). The van der Waals surface area contributed by atoms with Gasteiger partial charge in [-0.1, -0.05) is 176 Å². The van der Waals surface area contributed by atoms with Gasteiger partial charge in [-0.2, -0.15) is 4.58 Å². The highest BCUT2D eigenvalue weighted by atomic mass is 16.3. The van der Waals surface area contributed by atoms with Gasteiger partial charge in [0.25, 0.3) is 0 Å². The third-order valence-corrected chi connectivity index (χ3v) is 16.4. The molecule has 76 heavy (non-hydrogen) atoms. The first kappa shape index (κ1) is 61.6. The number of carbonyl (C=O) groups excluding carboxylic acids is 2. The van der Waals surface area contributed by atoms with E-state index in [1.807, 2.05) is 36.4 Å². The van der Waals surface area contributed by atoms with Gasteiger partial charge in [0.1, 0.15) is 6.23 Å². The van der Waals surface area contributed by atoms with Crippen molar-refractivity contribution in [2.75, 3.05) is 23.3 Å². The van der Waals surface area contributed by atoms with Crippen molar-refractivity contribution < 1.29 is 24.4 Å².